The lowest BCUT2D eigenvalue weighted by Gasteiger charge is -2.33. The predicted molar refractivity (Wildman–Crippen MR) is 112 cm³/mol. The van der Waals surface area contributed by atoms with Gasteiger partial charge in [-0.15, -0.1) is 0 Å². The zero-order valence-corrected chi connectivity index (χ0v) is 16.4. The molecular weight excluding hydrogens is 364 g/mol. The van der Waals surface area contributed by atoms with Crippen molar-refractivity contribution in [3.05, 3.63) is 78.1 Å². The molecule has 1 saturated heterocycles. The predicted octanol–water partition coefficient (Wildman–Crippen LogP) is 3.85. The Bertz CT molecular complexity index is 995. The van der Waals surface area contributed by atoms with Crippen LogP contribution >= 0.6 is 0 Å². The van der Waals surface area contributed by atoms with Crippen molar-refractivity contribution < 1.29 is 9.59 Å². The minimum Gasteiger partial charge on any atom is -0.338 e. The summed E-state index contributed by atoms with van der Waals surface area (Å²) in [6.45, 7) is 3.01. The molecule has 1 N–H and O–H groups in total. The smallest absolute Gasteiger partial charge is 0.253 e. The Morgan fingerprint density at radius 3 is 2.55 bits per heavy atom. The summed E-state index contributed by atoms with van der Waals surface area (Å²) in [4.78, 5) is 26.1. The number of amides is 2. The Labute approximate surface area is 170 Å². The number of nitrogens with one attached hydrogen (secondary N) is 1. The fourth-order valence-corrected chi connectivity index (χ4v) is 3.83. The minimum atomic E-state index is -0.138. The van der Waals surface area contributed by atoms with Crippen LogP contribution in [0.4, 0.5) is 5.69 Å². The maximum Gasteiger partial charge on any atom is 0.253 e. The number of nitrogens with zero attached hydrogens (tertiary/aromatic N) is 3. The second-order valence-electron chi connectivity index (χ2n) is 7.40. The summed E-state index contributed by atoms with van der Waals surface area (Å²) >= 11 is 0. The lowest BCUT2D eigenvalue weighted by Crippen LogP contribution is -2.39. The Morgan fingerprint density at radius 2 is 1.83 bits per heavy atom. The molecular formula is C23H24N4O2. The number of aromatic nitrogens is 2. The first kappa shape index (κ1) is 18.9. The van der Waals surface area contributed by atoms with Crippen LogP contribution in [0.5, 0.6) is 0 Å². The zero-order valence-electron chi connectivity index (χ0n) is 16.4. The molecule has 0 spiro atoms. The number of carbonyl (C=O) groups excluding carboxylic acids is 2. The van der Waals surface area contributed by atoms with E-state index in [0.717, 1.165) is 31.6 Å². The summed E-state index contributed by atoms with van der Waals surface area (Å²) in [6, 6.07) is 17.8. The highest BCUT2D eigenvalue weighted by Crippen LogP contribution is 2.27. The van der Waals surface area contributed by atoms with Gasteiger partial charge in [-0.3, -0.25) is 9.59 Å². The largest absolute Gasteiger partial charge is 0.338 e. The van der Waals surface area contributed by atoms with Gasteiger partial charge in [-0.1, -0.05) is 30.3 Å². The second-order valence-corrected chi connectivity index (χ2v) is 7.40. The molecule has 0 radical (unpaired) electrons. The molecule has 1 aliphatic heterocycles. The van der Waals surface area contributed by atoms with E-state index >= 15 is 0 Å². The van der Waals surface area contributed by atoms with Gasteiger partial charge in [0.1, 0.15) is 0 Å². The van der Waals surface area contributed by atoms with E-state index in [1.54, 1.807) is 17.1 Å². The van der Waals surface area contributed by atoms with Gasteiger partial charge in [-0.25, -0.2) is 4.68 Å². The van der Waals surface area contributed by atoms with E-state index in [0.29, 0.717) is 17.2 Å². The van der Waals surface area contributed by atoms with Gasteiger partial charge in [0.15, 0.2) is 0 Å². The molecule has 1 aromatic heterocycles. The Morgan fingerprint density at radius 1 is 1.07 bits per heavy atom. The third kappa shape index (κ3) is 4.37. The van der Waals surface area contributed by atoms with Gasteiger partial charge in [0.25, 0.3) is 5.91 Å². The van der Waals surface area contributed by atoms with Crippen molar-refractivity contribution in [1.82, 2.24) is 14.7 Å². The molecule has 4 rings (SSSR count). The Hall–Kier alpha value is -3.41. The van der Waals surface area contributed by atoms with E-state index in [1.807, 2.05) is 35.2 Å². The average molecular weight is 388 g/mol. The van der Waals surface area contributed by atoms with Crippen LogP contribution in [0.1, 0.15) is 41.6 Å². The van der Waals surface area contributed by atoms with E-state index in [-0.39, 0.29) is 11.8 Å². The quantitative estimate of drug-likeness (QED) is 0.738. The Balaban J connectivity index is 1.45. The normalized spacial score (nSPS) is 16.4. The SMILES string of the molecule is CC(=O)Nc1cnn(-c2ccc(C(=O)N3CCC[C@H](c4ccccc4)C3)cc2)c1. The van der Waals surface area contributed by atoms with Crippen LogP contribution in [0, 0.1) is 0 Å². The summed E-state index contributed by atoms with van der Waals surface area (Å²) in [5, 5.41) is 6.96. The molecule has 0 saturated carbocycles. The first-order chi connectivity index (χ1) is 14.1. The summed E-state index contributed by atoms with van der Waals surface area (Å²) in [7, 11) is 0. The molecule has 2 aromatic carbocycles. The molecule has 0 unspecified atom stereocenters. The van der Waals surface area contributed by atoms with Gasteiger partial charge in [0.05, 0.1) is 23.8 Å². The molecule has 148 valence electrons. The molecule has 2 amide bonds. The van der Waals surface area contributed by atoms with Crippen LogP contribution < -0.4 is 5.32 Å². The molecule has 6 nitrogen and oxygen atoms in total. The highest BCUT2D eigenvalue weighted by Gasteiger charge is 2.25. The molecule has 6 heteroatoms. The second kappa shape index (κ2) is 8.31. The molecule has 0 bridgehead atoms. The van der Waals surface area contributed by atoms with Crippen LogP contribution in [-0.4, -0.2) is 39.6 Å². The highest BCUT2D eigenvalue weighted by molar-refractivity contribution is 5.94. The summed E-state index contributed by atoms with van der Waals surface area (Å²) in [6.07, 6.45) is 5.47. The van der Waals surface area contributed by atoms with Crippen molar-refractivity contribution in [3.63, 3.8) is 0 Å². The van der Waals surface area contributed by atoms with E-state index in [4.69, 9.17) is 0 Å². The molecule has 1 fully saturated rings. The molecule has 2 heterocycles. The minimum absolute atomic E-state index is 0.0663. The van der Waals surface area contributed by atoms with E-state index in [2.05, 4.69) is 34.7 Å². The number of hydrogen-bond donors (Lipinski definition) is 1. The van der Waals surface area contributed by atoms with Crippen LogP contribution in [0.15, 0.2) is 67.0 Å². The summed E-state index contributed by atoms with van der Waals surface area (Å²) in [5.74, 6) is 0.321. The highest BCUT2D eigenvalue weighted by atomic mass is 16.2. The molecule has 1 atom stereocenters. The number of anilines is 1. The number of rotatable bonds is 4. The number of benzene rings is 2. The van der Waals surface area contributed by atoms with Gasteiger partial charge >= 0.3 is 0 Å². The van der Waals surface area contributed by atoms with Gasteiger partial charge in [-0.2, -0.15) is 5.10 Å². The van der Waals surface area contributed by atoms with Gasteiger partial charge < -0.3 is 10.2 Å². The third-order valence-electron chi connectivity index (χ3n) is 5.26. The molecule has 1 aliphatic rings. The number of carbonyl (C=O) groups is 2. The first-order valence-electron chi connectivity index (χ1n) is 9.87. The van der Waals surface area contributed by atoms with Gasteiger partial charge in [0, 0.05) is 31.5 Å². The maximum absolute atomic E-state index is 13.0. The van der Waals surface area contributed by atoms with Crippen molar-refractivity contribution in [2.45, 2.75) is 25.7 Å². The Kier molecular flexibility index (Phi) is 5.42. The number of likely N-dealkylation sites (tertiary alicyclic amines) is 1. The van der Waals surface area contributed by atoms with Crippen LogP contribution in [0.2, 0.25) is 0 Å². The van der Waals surface area contributed by atoms with E-state index < -0.39 is 0 Å². The first-order valence-corrected chi connectivity index (χ1v) is 9.87. The monoisotopic (exact) mass is 388 g/mol. The van der Waals surface area contributed by atoms with E-state index in [9.17, 15) is 9.59 Å². The lowest BCUT2D eigenvalue weighted by molar-refractivity contribution is -0.114. The van der Waals surface area contributed by atoms with Crippen molar-refractivity contribution in [2.24, 2.45) is 0 Å². The lowest BCUT2D eigenvalue weighted by atomic mass is 9.90. The topological polar surface area (TPSA) is 67.2 Å². The number of piperidine rings is 1. The molecule has 3 aromatic rings. The van der Waals surface area contributed by atoms with E-state index in [1.165, 1.54) is 12.5 Å². The fraction of sp³-hybridized carbons (Fsp3) is 0.261. The summed E-state index contributed by atoms with van der Waals surface area (Å²) < 4.78 is 1.67. The summed E-state index contributed by atoms with van der Waals surface area (Å²) in [5.41, 5.74) is 3.45. The van der Waals surface area contributed by atoms with Crippen molar-refractivity contribution in [2.75, 3.05) is 18.4 Å². The van der Waals surface area contributed by atoms with Gasteiger partial charge in [-0.05, 0) is 42.7 Å². The fourth-order valence-electron chi connectivity index (χ4n) is 3.83. The van der Waals surface area contributed by atoms with Crippen molar-refractivity contribution in [1.29, 1.82) is 0 Å². The van der Waals surface area contributed by atoms with Crippen LogP contribution in [0.25, 0.3) is 5.69 Å². The number of hydrogen-bond acceptors (Lipinski definition) is 3. The zero-order chi connectivity index (χ0) is 20.2. The third-order valence-corrected chi connectivity index (χ3v) is 5.26. The molecule has 0 aliphatic carbocycles. The standard InChI is InChI=1S/C23H24N4O2/c1-17(28)25-21-14-24-27(16-21)22-11-9-19(10-12-22)23(29)26-13-5-8-20(15-26)18-6-3-2-4-7-18/h2-4,6-7,9-12,14,16,20H,5,8,13,15H2,1H3,(H,25,28)/t20-/m0/s1. The average Bonchev–Trinajstić information content (AvgIpc) is 3.22. The molecule has 29 heavy (non-hydrogen) atoms. The van der Waals surface area contributed by atoms with Crippen molar-refractivity contribution in [3.8, 4) is 5.69 Å². The van der Waals surface area contributed by atoms with Crippen LogP contribution in [-0.2, 0) is 4.79 Å². The maximum atomic E-state index is 13.0. The van der Waals surface area contributed by atoms with Crippen LogP contribution in [0.3, 0.4) is 0 Å². The van der Waals surface area contributed by atoms with Gasteiger partial charge in [0.2, 0.25) is 5.91 Å². The van der Waals surface area contributed by atoms with Crippen molar-refractivity contribution >= 4 is 17.5 Å².